The maximum atomic E-state index is 13.6. The molecular formula is C37H36F3N7O6. The molecule has 0 aliphatic carbocycles. The summed E-state index contributed by atoms with van der Waals surface area (Å²) >= 11 is 0. The zero-order valence-electron chi connectivity index (χ0n) is 29.0. The van der Waals surface area contributed by atoms with Crippen LogP contribution in [0.2, 0.25) is 0 Å². The van der Waals surface area contributed by atoms with Crippen LogP contribution in [-0.2, 0) is 37.4 Å². The molecule has 4 aliphatic rings. The first-order chi connectivity index (χ1) is 25.2. The second kappa shape index (κ2) is 13.8. The number of hydrogen-bond donors (Lipinski definition) is 2. The summed E-state index contributed by atoms with van der Waals surface area (Å²) < 4.78 is 47.5. The molecule has 0 saturated carbocycles. The molecule has 4 aliphatic heterocycles. The van der Waals surface area contributed by atoms with Crippen LogP contribution in [0, 0.1) is 17.8 Å². The molecule has 2 N–H and O–H groups in total. The van der Waals surface area contributed by atoms with Crippen LogP contribution in [-0.4, -0.2) is 94.6 Å². The fourth-order valence-corrected chi connectivity index (χ4v) is 6.72. The van der Waals surface area contributed by atoms with E-state index in [4.69, 9.17) is 4.74 Å². The van der Waals surface area contributed by atoms with Gasteiger partial charge in [-0.1, -0.05) is 11.8 Å². The van der Waals surface area contributed by atoms with Crippen LogP contribution in [0.15, 0.2) is 48.8 Å². The van der Waals surface area contributed by atoms with Gasteiger partial charge in [-0.2, -0.15) is 18.3 Å². The van der Waals surface area contributed by atoms with Crippen LogP contribution in [0.25, 0.3) is 0 Å². The lowest BCUT2D eigenvalue weighted by Crippen LogP contribution is -2.54. The van der Waals surface area contributed by atoms with E-state index in [0.717, 1.165) is 22.7 Å². The highest BCUT2D eigenvalue weighted by Gasteiger charge is 2.45. The summed E-state index contributed by atoms with van der Waals surface area (Å²) in [4.78, 5) is 68.6. The average molecular weight is 732 g/mol. The number of rotatable bonds is 7. The smallest absolute Gasteiger partial charge is 0.379 e. The predicted molar refractivity (Wildman–Crippen MR) is 183 cm³/mol. The van der Waals surface area contributed by atoms with Crippen molar-refractivity contribution >= 4 is 40.9 Å². The zero-order valence-corrected chi connectivity index (χ0v) is 29.0. The third-order valence-electron chi connectivity index (χ3n) is 9.98. The molecule has 3 saturated heterocycles. The van der Waals surface area contributed by atoms with Gasteiger partial charge in [0.15, 0.2) is 0 Å². The van der Waals surface area contributed by atoms with Crippen LogP contribution in [0.1, 0.15) is 64.1 Å². The van der Waals surface area contributed by atoms with Crippen LogP contribution >= 0.6 is 0 Å². The van der Waals surface area contributed by atoms with Gasteiger partial charge in [-0.3, -0.25) is 43.8 Å². The molecule has 0 bridgehead atoms. The Morgan fingerprint density at radius 3 is 2.47 bits per heavy atom. The molecule has 2 aromatic carbocycles. The van der Waals surface area contributed by atoms with Gasteiger partial charge in [-0.25, -0.2) is 0 Å². The van der Waals surface area contributed by atoms with E-state index >= 15 is 0 Å². The van der Waals surface area contributed by atoms with E-state index in [1.54, 1.807) is 38.2 Å². The van der Waals surface area contributed by atoms with Crippen molar-refractivity contribution in [3.05, 3.63) is 76.6 Å². The molecule has 5 amide bonds. The summed E-state index contributed by atoms with van der Waals surface area (Å²) in [6, 6.07) is 7.23. The Hall–Kier alpha value is -5.53. The van der Waals surface area contributed by atoms with Crippen molar-refractivity contribution in [1.82, 2.24) is 24.9 Å². The molecule has 1 unspecified atom stereocenters. The third kappa shape index (κ3) is 7.14. The van der Waals surface area contributed by atoms with E-state index in [0.29, 0.717) is 50.5 Å². The molecule has 13 nitrogen and oxygen atoms in total. The van der Waals surface area contributed by atoms with Gasteiger partial charge >= 0.3 is 6.18 Å². The maximum absolute atomic E-state index is 13.6. The number of aromatic nitrogens is 2. The van der Waals surface area contributed by atoms with Crippen molar-refractivity contribution in [2.75, 3.05) is 49.6 Å². The quantitative estimate of drug-likeness (QED) is 0.277. The van der Waals surface area contributed by atoms with E-state index in [9.17, 15) is 37.1 Å². The number of ether oxygens (including phenoxy) is 1. The number of anilines is 2. The third-order valence-corrected chi connectivity index (χ3v) is 9.98. The molecule has 7 rings (SSSR count). The molecule has 0 radical (unpaired) electrons. The van der Waals surface area contributed by atoms with E-state index < -0.39 is 52.9 Å². The monoisotopic (exact) mass is 731 g/mol. The standard InChI is InChI=1S/C37H36F3N7O6/c1-36(2,35(52)42-29-8-5-25(37(38,39)40)15-24(29)21-44-11-13-53-14-12-44)46-20-22(17-41-46)3-4-23-18-45(19-23)26-6-7-27-28(16-26)34(51)47(33(27)50)30-9-10-31(48)43-32(30)49/h5-8,15-17,20,23,30H,9-14,18-19,21H2,1-2H3,(H,42,52)(H,43,48,49). The van der Waals surface area contributed by atoms with Gasteiger partial charge in [0.05, 0.1) is 47.6 Å². The maximum Gasteiger partial charge on any atom is 0.416 e. The second-order valence-corrected chi connectivity index (χ2v) is 14.0. The van der Waals surface area contributed by atoms with Crippen molar-refractivity contribution in [1.29, 1.82) is 0 Å². The normalized spacial score (nSPS) is 19.8. The molecular weight excluding hydrogens is 695 g/mol. The minimum Gasteiger partial charge on any atom is -0.379 e. The molecule has 3 aromatic rings. The van der Waals surface area contributed by atoms with Crippen molar-refractivity contribution < 1.29 is 41.9 Å². The topological polar surface area (TPSA) is 146 Å². The molecule has 1 aromatic heterocycles. The Labute approximate surface area is 302 Å². The molecule has 1 atom stereocenters. The highest BCUT2D eigenvalue weighted by Crippen LogP contribution is 2.34. The van der Waals surface area contributed by atoms with Crippen molar-refractivity contribution in [2.45, 2.75) is 51.0 Å². The van der Waals surface area contributed by atoms with Crippen molar-refractivity contribution in [3.8, 4) is 11.8 Å². The molecule has 5 heterocycles. The van der Waals surface area contributed by atoms with Crippen LogP contribution < -0.4 is 15.5 Å². The average Bonchev–Trinajstić information content (AvgIpc) is 3.67. The molecule has 3 fully saturated rings. The number of piperidine rings is 1. The Morgan fingerprint density at radius 2 is 1.75 bits per heavy atom. The summed E-state index contributed by atoms with van der Waals surface area (Å²) in [6.45, 7) is 6.74. The number of amides is 5. The minimum atomic E-state index is -4.53. The number of morpholine rings is 1. The molecule has 0 spiro atoms. The number of alkyl halides is 3. The number of halogens is 3. The first-order valence-electron chi connectivity index (χ1n) is 17.2. The number of hydrogen-bond acceptors (Lipinski definition) is 9. The number of imide groups is 2. The van der Waals surface area contributed by atoms with Gasteiger partial charge < -0.3 is 15.0 Å². The van der Waals surface area contributed by atoms with Gasteiger partial charge in [0.25, 0.3) is 17.7 Å². The van der Waals surface area contributed by atoms with Crippen LogP contribution in [0.5, 0.6) is 0 Å². The Morgan fingerprint density at radius 1 is 1.02 bits per heavy atom. The number of fused-ring (bicyclic) bond motifs is 1. The predicted octanol–water partition coefficient (Wildman–Crippen LogP) is 3.00. The summed E-state index contributed by atoms with van der Waals surface area (Å²) in [5.74, 6) is 3.60. The summed E-state index contributed by atoms with van der Waals surface area (Å²) in [5, 5.41) is 9.37. The highest BCUT2D eigenvalue weighted by atomic mass is 19.4. The van der Waals surface area contributed by atoms with E-state index in [2.05, 4.69) is 27.6 Å². The second-order valence-electron chi connectivity index (χ2n) is 14.0. The highest BCUT2D eigenvalue weighted by molar-refractivity contribution is 6.23. The SMILES string of the molecule is CC(C)(C(=O)Nc1ccc(C(F)(F)F)cc1CN1CCOCC1)n1cc(C#CC2CN(c3ccc4c(c3)C(=O)N(C3CCC(=O)NC3=O)C4=O)C2)cn1. The lowest BCUT2D eigenvalue weighted by atomic mass is 9.98. The van der Waals surface area contributed by atoms with Crippen molar-refractivity contribution in [3.63, 3.8) is 0 Å². The Balaban J connectivity index is 0.978. The molecule has 53 heavy (non-hydrogen) atoms. The number of carbonyl (C=O) groups excluding carboxylic acids is 5. The Bertz CT molecular complexity index is 2070. The first kappa shape index (κ1) is 35.9. The fourth-order valence-electron chi connectivity index (χ4n) is 6.72. The van der Waals surface area contributed by atoms with Crippen molar-refractivity contribution in [2.24, 2.45) is 5.92 Å². The van der Waals surface area contributed by atoms with Crippen LogP contribution in [0.3, 0.4) is 0 Å². The number of carbonyl (C=O) groups is 5. The minimum absolute atomic E-state index is 0.00947. The van der Waals surface area contributed by atoms with Gasteiger partial charge in [-0.15, -0.1) is 0 Å². The lowest BCUT2D eigenvalue weighted by molar-refractivity contribution is -0.138. The van der Waals surface area contributed by atoms with Crippen LogP contribution in [0.4, 0.5) is 24.5 Å². The van der Waals surface area contributed by atoms with Gasteiger partial charge in [0, 0.05) is 56.7 Å². The van der Waals surface area contributed by atoms with E-state index in [-0.39, 0.29) is 42.1 Å². The van der Waals surface area contributed by atoms with E-state index in [1.165, 1.54) is 16.9 Å². The van der Waals surface area contributed by atoms with Gasteiger partial charge in [-0.05, 0) is 62.2 Å². The Kier molecular flexibility index (Phi) is 9.33. The number of benzene rings is 2. The summed E-state index contributed by atoms with van der Waals surface area (Å²) in [6.07, 6.45) is -1.22. The van der Waals surface area contributed by atoms with Gasteiger partial charge in [0.2, 0.25) is 11.8 Å². The molecule has 16 heteroatoms. The van der Waals surface area contributed by atoms with E-state index in [1.807, 2.05) is 9.80 Å². The number of nitrogens with zero attached hydrogens (tertiary/aromatic N) is 5. The lowest BCUT2D eigenvalue weighted by Gasteiger charge is -2.38. The summed E-state index contributed by atoms with van der Waals surface area (Å²) in [7, 11) is 0. The van der Waals surface area contributed by atoms with Gasteiger partial charge in [0.1, 0.15) is 11.6 Å². The zero-order chi connectivity index (χ0) is 37.7. The largest absolute Gasteiger partial charge is 0.416 e. The first-order valence-corrected chi connectivity index (χ1v) is 17.2. The number of nitrogens with one attached hydrogen (secondary N) is 2. The fraction of sp³-hybridized carbons (Fsp3) is 0.405. The molecule has 276 valence electrons. The summed E-state index contributed by atoms with van der Waals surface area (Å²) in [5.41, 5.74) is 0.347.